The average Bonchev–Trinajstić information content (AvgIpc) is 2.57. The Kier molecular flexibility index (Phi) is 5.49. The van der Waals surface area contributed by atoms with Crippen LogP contribution in [0.1, 0.15) is 0 Å². The lowest BCUT2D eigenvalue weighted by Crippen LogP contribution is -2.29. The summed E-state index contributed by atoms with van der Waals surface area (Å²) in [6, 6.07) is 9.33. The Morgan fingerprint density at radius 2 is 1.58 bits per heavy atom. The molecule has 24 heavy (non-hydrogen) atoms. The first-order valence-corrected chi connectivity index (χ1v) is 7.21. The highest BCUT2D eigenvalue weighted by Crippen LogP contribution is 2.29. The summed E-state index contributed by atoms with van der Waals surface area (Å²) < 4.78 is 10.2. The molecule has 0 fully saturated rings. The Bertz CT molecular complexity index is 780. The number of anilines is 3. The van der Waals surface area contributed by atoms with Crippen LogP contribution in [0.25, 0.3) is 0 Å². The number of nitrogens with two attached hydrogens (primary N) is 1. The van der Waals surface area contributed by atoms with Crippen molar-refractivity contribution in [1.82, 2.24) is 0 Å². The SMILES string of the molecule is COc1ccc(NC(=O)C(=O)Nc2ccc(N)cc2Cl)c(OC)c1. The molecule has 0 bridgehead atoms. The topological polar surface area (TPSA) is 103 Å². The minimum absolute atomic E-state index is 0.234. The normalized spacial score (nSPS) is 9.96. The smallest absolute Gasteiger partial charge is 0.314 e. The van der Waals surface area contributed by atoms with Gasteiger partial charge in [-0.1, -0.05) is 11.6 Å². The van der Waals surface area contributed by atoms with Gasteiger partial charge in [-0.15, -0.1) is 0 Å². The third kappa shape index (κ3) is 4.08. The van der Waals surface area contributed by atoms with Crippen LogP contribution in [-0.4, -0.2) is 26.0 Å². The number of nitrogens with one attached hydrogen (secondary N) is 2. The van der Waals surface area contributed by atoms with Crippen molar-refractivity contribution in [2.75, 3.05) is 30.6 Å². The molecule has 0 unspecified atom stereocenters. The summed E-state index contributed by atoms with van der Waals surface area (Å²) in [5, 5.41) is 5.11. The number of ether oxygens (including phenoxy) is 2. The van der Waals surface area contributed by atoms with E-state index in [1.165, 1.54) is 26.4 Å². The quantitative estimate of drug-likeness (QED) is 0.581. The summed E-state index contributed by atoms with van der Waals surface area (Å²) in [6.45, 7) is 0. The van der Waals surface area contributed by atoms with Gasteiger partial charge >= 0.3 is 11.8 Å². The van der Waals surface area contributed by atoms with E-state index in [1.807, 2.05) is 0 Å². The number of benzene rings is 2. The van der Waals surface area contributed by atoms with E-state index < -0.39 is 11.8 Å². The second-order valence-electron chi connectivity index (χ2n) is 4.71. The molecule has 126 valence electrons. The van der Waals surface area contributed by atoms with Crippen molar-refractivity contribution in [3.05, 3.63) is 41.4 Å². The number of rotatable bonds is 4. The molecular formula is C16H16ClN3O4. The highest BCUT2D eigenvalue weighted by atomic mass is 35.5. The fraction of sp³-hybridized carbons (Fsp3) is 0.125. The van der Waals surface area contributed by atoms with E-state index in [0.29, 0.717) is 22.9 Å². The molecule has 8 heteroatoms. The van der Waals surface area contributed by atoms with Gasteiger partial charge in [0.2, 0.25) is 0 Å². The van der Waals surface area contributed by atoms with Crippen LogP contribution < -0.4 is 25.8 Å². The van der Waals surface area contributed by atoms with E-state index in [4.69, 9.17) is 26.8 Å². The number of nitrogen functional groups attached to an aromatic ring is 1. The summed E-state index contributed by atoms with van der Waals surface area (Å²) in [4.78, 5) is 24.0. The summed E-state index contributed by atoms with van der Waals surface area (Å²) >= 11 is 5.96. The first kappa shape index (κ1) is 17.4. The first-order valence-electron chi connectivity index (χ1n) is 6.84. The van der Waals surface area contributed by atoms with Crippen LogP contribution in [-0.2, 0) is 9.59 Å². The maximum Gasteiger partial charge on any atom is 0.314 e. The Morgan fingerprint density at radius 1 is 0.958 bits per heavy atom. The second-order valence-corrected chi connectivity index (χ2v) is 5.12. The summed E-state index contributed by atoms with van der Waals surface area (Å²) in [5.41, 5.74) is 6.64. The predicted octanol–water partition coefficient (Wildman–Crippen LogP) is 2.52. The minimum atomic E-state index is -0.875. The zero-order valence-corrected chi connectivity index (χ0v) is 13.8. The monoisotopic (exact) mass is 349 g/mol. The van der Waals surface area contributed by atoms with Crippen LogP contribution in [0, 0.1) is 0 Å². The van der Waals surface area contributed by atoms with Gasteiger partial charge in [0.05, 0.1) is 30.6 Å². The molecule has 2 amide bonds. The number of amides is 2. The fourth-order valence-electron chi connectivity index (χ4n) is 1.89. The predicted molar refractivity (Wildman–Crippen MR) is 92.7 cm³/mol. The van der Waals surface area contributed by atoms with Gasteiger partial charge in [0.1, 0.15) is 11.5 Å². The van der Waals surface area contributed by atoms with Gasteiger partial charge in [0.25, 0.3) is 0 Å². The lowest BCUT2D eigenvalue weighted by Gasteiger charge is -2.12. The van der Waals surface area contributed by atoms with Crippen LogP contribution in [0.2, 0.25) is 5.02 Å². The van der Waals surface area contributed by atoms with Gasteiger partial charge in [0.15, 0.2) is 0 Å². The van der Waals surface area contributed by atoms with Gasteiger partial charge < -0.3 is 25.8 Å². The molecule has 0 heterocycles. The lowest BCUT2D eigenvalue weighted by molar-refractivity contribution is -0.133. The van der Waals surface area contributed by atoms with Gasteiger partial charge in [-0.25, -0.2) is 0 Å². The summed E-state index contributed by atoms with van der Waals surface area (Å²) in [7, 11) is 2.95. The zero-order chi connectivity index (χ0) is 17.7. The van der Waals surface area contributed by atoms with Crippen LogP contribution in [0.15, 0.2) is 36.4 Å². The zero-order valence-electron chi connectivity index (χ0n) is 13.1. The molecule has 0 saturated carbocycles. The molecule has 0 radical (unpaired) electrons. The molecule has 0 aliphatic carbocycles. The number of methoxy groups -OCH3 is 2. The molecule has 0 spiro atoms. The molecule has 0 saturated heterocycles. The number of halogens is 1. The van der Waals surface area contributed by atoms with Crippen LogP contribution in [0.3, 0.4) is 0 Å². The van der Waals surface area contributed by atoms with Crippen molar-refractivity contribution in [3.63, 3.8) is 0 Å². The van der Waals surface area contributed by atoms with E-state index in [2.05, 4.69) is 10.6 Å². The Hall–Kier alpha value is -2.93. The third-order valence-corrected chi connectivity index (χ3v) is 3.42. The van der Waals surface area contributed by atoms with Crippen LogP contribution in [0.4, 0.5) is 17.1 Å². The lowest BCUT2D eigenvalue weighted by atomic mass is 10.2. The van der Waals surface area contributed by atoms with Crippen molar-refractivity contribution >= 4 is 40.5 Å². The molecule has 7 nitrogen and oxygen atoms in total. The highest BCUT2D eigenvalue weighted by molar-refractivity contribution is 6.45. The molecule has 2 rings (SSSR count). The molecule has 2 aromatic rings. The largest absolute Gasteiger partial charge is 0.497 e. The summed E-state index contributed by atoms with van der Waals surface area (Å²) in [6.07, 6.45) is 0. The standard InChI is InChI=1S/C16H16ClN3O4/c1-23-10-4-6-13(14(8-10)24-2)20-16(22)15(21)19-12-5-3-9(18)7-11(12)17/h3-8H,18H2,1-2H3,(H,19,21)(H,20,22). The van der Waals surface area contributed by atoms with E-state index in [1.54, 1.807) is 24.3 Å². The molecule has 0 aliphatic rings. The van der Waals surface area contributed by atoms with Crippen molar-refractivity contribution in [1.29, 1.82) is 0 Å². The Labute approximate surface area is 143 Å². The van der Waals surface area contributed by atoms with Crippen LogP contribution >= 0.6 is 11.6 Å². The molecule has 2 aromatic carbocycles. The van der Waals surface area contributed by atoms with E-state index in [0.717, 1.165) is 0 Å². The third-order valence-electron chi connectivity index (χ3n) is 3.10. The average molecular weight is 350 g/mol. The van der Waals surface area contributed by atoms with Gasteiger partial charge in [-0.3, -0.25) is 9.59 Å². The van der Waals surface area contributed by atoms with Crippen LogP contribution in [0.5, 0.6) is 11.5 Å². The Morgan fingerprint density at radius 3 is 2.17 bits per heavy atom. The fourth-order valence-corrected chi connectivity index (χ4v) is 2.13. The molecule has 0 aromatic heterocycles. The van der Waals surface area contributed by atoms with E-state index in [9.17, 15) is 9.59 Å². The highest BCUT2D eigenvalue weighted by Gasteiger charge is 2.17. The second kappa shape index (κ2) is 7.56. The van der Waals surface area contributed by atoms with Gasteiger partial charge in [-0.2, -0.15) is 0 Å². The molecule has 0 atom stereocenters. The Balaban J connectivity index is 2.10. The maximum atomic E-state index is 12.0. The van der Waals surface area contributed by atoms with Gasteiger partial charge in [0, 0.05) is 11.8 Å². The maximum absolute atomic E-state index is 12.0. The van der Waals surface area contributed by atoms with Crippen molar-refractivity contribution < 1.29 is 19.1 Å². The first-order chi connectivity index (χ1) is 11.4. The molecule has 0 aliphatic heterocycles. The van der Waals surface area contributed by atoms with Crippen molar-refractivity contribution in [2.45, 2.75) is 0 Å². The summed E-state index contributed by atoms with van der Waals surface area (Å²) in [5.74, 6) is -0.824. The molecular weight excluding hydrogens is 334 g/mol. The minimum Gasteiger partial charge on any atom is -0.497 e. The number of hydrogen-bond acceptors (Lipinski definition) is 5. The number of carbonyl (C=O) groups is 2. The van der Waals surface area contributed by atoms with Crippen molar-refractivity contribution in [2.24, 2.45) is 0 Å². The number of hydrogen-bond donors (Lipinski definition) is 3. The van der Waals surface area contributed by atoms with Gasteiger partial charge in [-0.05, 0) is 30.3 Å². The van der Waals surface area contributed by atoms with Crippen molar-refractivity contribution in [3.8, 4) is 11.5 Å². The number of carbonyl (C=O) groups excluding carboxylic acids is 2. The molecule has 4 N–H and O–H groups in total. The van der Waals surface area contributed by atoms with E-state index in [-0.39, 0.29) is 10.7 Å². The van der Waals surface area contributed by atoms with E-state index >= 15 is 0 Å².